The number of guanidine groups is 1. The van der Waals surface area contributed by atoms with Crippen LogP contribution in [0.1, 0.15) is 26.7 Å². The van der Waals surface area contributed by atoms with Crippen molar-refractivity contribution in [3.05, 3.63) is 11.8 Å². The molecule has 5 atom stereocenters. The molecule has 0 saturated carbocycles. The Kier molecular flexibility index (Phi) is 39.3. The average Bonchev–Trinajstić information content (AvgIpc) is 3.32. The van der Waals surface area contributed by atoms with Crippen molar-refractivity contribution >= 4 is 29.7 Å². The van der Waals surface area contributed by atoms with Gasteiger partial charge in [-0.2, -0.15) is 0 Å². The Hall–Kier alpha value is -3.91. The number of nitrogens with two attached hydrogens (primary N) is 3. The molecule has 0 fully saturated rings. The van der Waals surface area contributed by atoms with Crippen LogP contribution in [0.5, 0.6) is 0 Å². The second-order valence-electron chi connectivity index (χ2n) is 14.7. The number of nitrogens with zero attached hydrogens (tertiary/aromatic N) is 2. The van der Waals surface area contributed by atoms with Gasteiger partial charge in [-0.25, -0.2) is 15.7 Å². The zero-order valence-corrected chi connectivity index (χ0v) is 40.2. The van der Waals surface area contributed by atoms with E-state index in [2.05, 4.69) is 20.5 Å². The van der Waals surface area contributed by atoms with Gasteiger partial charge in [-0.15, -0.1) is 0 Å². The van der Waals surface area contributed by atoms with Crippen LogP contribution < -0.4 is 28.0 Å². The highest BCUT2D eigenvalue weighted by Gasteiger charge is 2.45. The predicted octanol–water partition coefficient (Wildman–Crippen LogP) is -3.96. The van der Waals surface area contributed by atoms with Gasteiger partial charge in [0.2, 0.25) is 23.5 Å². The summed E-state index contributed by atoms with van der Waals surface area (Å²) in [4.78, 5) is 59.6. The van der Waals surface area contributed by atoms with Crippen molar-refractivity contribution in [2.75, 3.05) is 172 Å². The number of carbonyl (C=O) groups is 4. The van der Waals surface area contributed by atoms with Gasteiger partial charge >= 0.3 is 5.97 Å². The maximum absolute atomic E-state index is 13.0. The van der Waals surface area contributed by atoms with E-state index >= 15 is 0 Å². The van der Waals surface area contributed by atoms with E-state index in [1.165, 1.54) is 6.92 Å². The molecule has 69 heavy (non-hydrogen) atoms. The van der Waals surface area contributed by atoms with Crippen LogP contribution in [0.2, 0.25) is 0 Å². The van der Waals surface area contributed by atoms with Crippen LogP contribution in [0.3, 0.4) is 0 Å². The Labute approximate surface area is 403 Å². The van der Waals surface area contributed by atoms with E-state index < -0.39 is 73.1 Å². The van der Waals surface area contributed by atoms with Crippen molar-refractivity contribution in [1.29, 1.82) is 0 Å². The third kappa shape index (κ3) is 33.3. The summed E-state index contributed by atoms with van der Waals surface area (Å²) in [6.07, 6.45) is -2.64. The van der Waals surface area contributed by atoms with Crippen LogP contribution in [0, 0.1) is 0 Å². The average molecular weight is 1000 g/mol. The topological polar surface area (TPSA) is 367 Å². The SMILES string of the molecule is CCCOCCN(CCOCCNC(=O)CO[C@@H]([C@@H]1OC(C(=O)O)=C[C@H](N=C(N)N)[C@H]1NC(C)=O)[C@H](O)CO)C(=O)CCOCCOCCOCCOCCOCCOCCOCCOCCON. The van der Waals surface area contributed by atoms with Crippen LogP contribution in [0.4, 0.5) is 0 Å². The van der Waals surface area contributed by atoms with E-state index in [4.69, 9.17) is 74.2 Å². The van der Waals surface area contributed by atoms with Crippen molar-refractivity contribution < 1.29 is 96.2 Å². The first-order valence-corrected chi connectivity index (χ1v) is 23.0. The lowest BCUT2D eigenvalue weighted by Crippen LogP contribution is -2.60. The smallest absolute Gasteiger partial charge is 0.370 e. The summed E-state index contributed by atoms with van der Waals surface area (Å²) in [6.45, 7) is 10.3. The monoisotopic (exact) mass is 1000 g/mol. The van der Waals surface area contributed by atoms with Crippen molar-refractivity contribution in [2.45, 2.75) is 57.1 Å². The number of hydrogen-bond donors (Lipinski definition) is 8. The number of aliphatic carboxylic acids is 1. The lowest BCUT2D eigenvalue weighted by molar-refractivity contribution is -0.158. The van der Waals surface area contributed by atoms with Crippen molar-refractivity contribution in [1.82, 2.24) is 15.5 Å². The summed E-state index contributed by atoms with van der Waals surface area (Å²) in [5.74, 6) is 1.01. The fourth-order valence-corrected chi connectivity index (χ4v) is 5.94. The van der Waals surface area contributed by atoms with Gasteiger partial charge in [0.1, 0.15) is 18.8 Å². The van der Waals surface area contributed by atoms with Crippen LogP contribution in [0.15, 0.2) is 16.8 Å². The molecule has 3 amide bonds. The van der Waals surface area contributed by atoms with Crippen LogP contribution in [-0.2, 0) is 80.9 Å². The van der Waals surface area contributed by atoms with Gasteiger partial charge in [-0.05, 0) is 12.5 Å². The van der Waals surface area contributed by atoms with E-state index in [0.717, 1.165) is 12.5 Å². The number of amides is 3. The molecular weight excluding hydrogens is 922 g/mol. The number of rotatable bonds is 47. The summed E-state index contributed by atoms with van der Waals surface area (Å²) >= 11 is 0. The number of aliphatic hydroxyl groups is 2. The molecule has 1 aliphatic rings. The minimum atomic E-state index is -1.68. The molecule has 11 N–H and O–H groups in total. The van der Waals surface area contributed by atoms with Gasteiger partial charge in [0.25, 0.3) is 0 Å². The van der Waals surface area contributed by atoms with E-state index in [1.807, 2.05) is 6.92 Å². The first-order valence-electron chi connectivity index (χ1n) is 23.0. The summed E-state index contributed by atoms with van der Waals surface area (Å²) in [5.41, 5.74) is 11.0. The van der Waals surface area contributed by atoms with E-state index in [9.17, 15) is 34.5 Å². The second kappa shape index (κ2) is 42.9. The van der Waals surface area contributed by atoms with E-state index in [-0.39, 0.29) is 45.2 Å². The Morgan fingerprint density at radius 1 is 0.725 bits per heavy atom. The Morgan fingerprint density at radius 2 is 1.19 bits per heavy atom. The molecule has 0 aromatic rings. The van der Waals surface area contributed by atoms with Gasteiger partial charge in [-0.1, -0.05) is 6.92 Å². The standard InChI is InChI=1S/C42H79N7O20/c1-3-8-57-11-6-49(37(54)4-9-58-13-14-60-15-16-61-17-18-62-19-20-63-21-22-64-23-24-65-25-26-66-27-28-68-45)7-12-59-10-5-46-36(53)31-67-39(34(52)30-50)40-38(47-32(2)51)33(48-42(43)44)29-35(69-40)41(55)56/h29,33-34,38-40,50,52H,3-28,30-31,45H2,1-2H3,(H,46,53)(H,47,51)(H,55,56)(H4,43,44,48)/t33-,34+,38+,39+,40+/m0/s1. The fraction of sp³-hybridized carbons (Fsp3) is 0.833. The fourth-order valence-electron chi connectivity index (χ4n) is 5.94. The Morgan fingerprint density at radius 3 is 1.62 bits per heavy atom. The predicted molar refractivity (Wildman–Crippen MR) is 243 cm³/mol. The zero-order valence-electron chi connectivity index (χ0n) is 40.2. The maximum atomic E-state index is 13.0. The maximum Gasteiger partial charge on any atom is 0.370 e. The van der Waals surface area contributed by atoms with Gasteiger partial charge in [0.05, 0.1) is 157 Å². The molecule has 1 rings (SSSR count). The molecule has 402 valence electrons. The number of aliphatic hydroxyl groups excluding tert-OH is 2. The highest BCUT2D eigenvalue weighted by molar-refractivity contribution is 5.85. The Balaban J connectivity index is 2.27. The molecule has 0 aromatic carbocycles. The molecule has 0 unspecified atom stereocenters. The third-order valence-corrected chi connectivity index (χ3v) is 9.17. The normalized spacial score (nSPS) is 16.5. The number of ether oxygens (including phenoxy) is 12. The van der Waals surface area contributed by atoms with E-state index in [0.29, 0.717) is 125 Å². The summed E-state index contributed by atoms with van der Waals surface area (Å²) < 4.78 is 66.0. The quantitative estimate of drug-likeness (QED) is 0.0125. The summed E-state index contributed by atoms with van der Waals surface area (Å²) in [5, 5.41) is 35.1. The number of carboxylic acid groups (broad SMARTS) is 1. The lowest BCUT2D eigenvalue weighted by Gasteiger charge is -2.40. The first kappa shape index (κ1) is 63.1. The van der Waals surface area contributed by atoms with Crippen LogP contribution in [-0.4, -0.2) is 252 Å². The van der Waals surface area contributed by atoms with Crippen LogP contribution in [0.25, 0.3) is 0 Å². The summed E-state index contributed by atoms with van der Waals surface area (Å²) in [6, 6.07) is -2.33. The van der Waals surface area contributed by atoms with Gasteiger partial charge < -0.3 is 104 Å². The number of nitrogens with one attached hydrogen (secondary N) is 2. The highest BCUT2D eigenvalue weighted by atomic mass is 16.6. The van der Waals surface area contributed by atoms with Crippen molar-refractivity contribution in [3.8, 4) is 0 Å². The number of carbonyl (C=O) groups excluding carboxylic acids is 3. The van der Waals surface area contributed by atoms with Gasteiger partial charge in [-0.3, -0.25) is 14.4 Å². The van der Waals surface area contributed by atoms with Crippen LogP contribution >= 0.6 is 0 Å². The molecule has 0 bridgehead atoms. The molecule has 1 aliphatic heterocycles. The molecule has 0 saturated heterocycles. The first-order chi connectivity index (χ1) is 33.4. The molecule has 0 aromatic heterocycles. The van der Waals surface area contributed by atoms with Gasteiger partial charge in [0.15, 0.2) is 12.1 Å². The molecule has 1 heterocycles. The minimum Gasteiger partial charge on any atom is -0.478 e. The zero-order chi connectivity index (χ0) is 50.7. The third-order valence-electron chi connectivity index (χ3n) is 9.17. The molecular formula is C42H79N7O20. The minimum absolute atomic E-state index is 0.0461. The second-order valence-corrected chi connectivity index (χ2v) is 14.7. The molecule has 0 spiro atoms. The lowest BCUT2D eigenvalue weighted by atomic mass is 9.92. The summed E-state index contributed by atoms with van der Waals surface area (Å²) in [7, 11) is 0. The van der Waals surface area contributed by atoms with Crippen molar-refractivity contribution in [2.24, 2.45) is 22.4 Å². The van der Waals surface area contributed by atoms with Crippen molar-refractivity contribution in [3.63, 3.8) is 0 Å². The number of hydrogen-bond acceptors (Lipinski definition) is 21. The number of carboxylic acids is 1. The number of aliphatic imine (C=N–C) groups is 1. The molecule has 0 aliphatic carbocycles. The Bertz CT molecular complexity index is 1400. The highest BCUT2D eigenvalue weighted by Crippen LogP contribution is 2.26. The largest absolute Gasteiger partial charge is 0.478 e. The molecule has 0 radical (unpaired) electrons. The molecule has 27 nitrogen and oxygen atoms in total. The van der Waals surface area contributed by atoms with E-state index in [1.54, 1.807) is 4.90 Å². The molecule has 27 heteroatoms. The van der Waals surface area contributed by atoms with Gasteiger partial charge in [0, 0.05) is 33.2 Å².